The van der Waals surface area contributed by atoms with Crippen LogP contribution in [0.3, 0.4) is 0 Å². The Labute approximate surface area is 85.1 Å². The smallest absolute Gasteiger partial charge is 0.129 e. The number of hydrogen-bond donors (Lipinski definition) is 0. The molecule has 0 aromatic heterocycles. The zero-order valence-corrected chi connectivity index (χ0v) is 9.24. The fourth-order valence-corrected chi connectivity index (χ4v) is 1.17. The highest BCUT2D eigenvalue weighted by Crippen LogP contribution is 2.11. The van der Waals surface area contributed by atoms with E-state index in [1.807, 2.05) is 31.2 Å². The summed E-state index contributed by atoms with van der Waals surface area (Å²) in [4.78, 5) is 4.90. The van der Waals surface area contributed by atoms with Crippen LogP contribution in [0.4, 0.5) is 0 Å². The first-order valence-electron chi connectivity index (χ1n) is 3.86. The quantitative estimate of drug-likeness (QED) is 0.432. The van der Waals surface area contributed by atoms with Crippen molar-refractivity contribution < 1.29 is 4.84 Å². The Bertz CT molecular complexity index is 314. The molecule has 0 heterocycles. The Balaban J connectivity index is 2.82. The summed E-state index contributed by atoms with van der Waals surface area (Å²) < 4.78 is 0. The third-order valence-corrected chi connectivity index (χ3v) is 1.90. The molecule has 13 heavy (non-hydrogen) atoms. The van der Waals surface area contributed by atoms with Crippen molar-refractivity contribution in [1.29, 1.82) is 0 Å². The van der Waals surface area contributed by atoms with E-state index in [9.17, 15) is 0 Å². The summed E-state index contributed by atoms with van der Waals surface area (Å²) in [6.07, 6.45) is 0.498. The Hall–Kier alpha value is -0.590. The molecule has 0 saturated heterocycles. The van der Waals surface area contributed by atoms with Gasteiger partial charge in [0.15, 0.2) is 0 Å². The van der Waals surface area contributed by atoms with Crippen molar-refractivity contribution in [2.24, 2.45) is 5.16 Å². The van der Waals surface area contributed by atoms with E-state index in [2.05, 4.69) is 14.4 Å². The third-order valence-electron chi connectivity index (χ3n) is 1.52. The van der Waals surface area contributed by atoms with Crippen molar-refractivity contribution in [2.45, 2.75) is 6.92 Å². The van der Waals surface area contributed by atoms with Gasteiger partial charge in [-0.1, -0.05) is 38.1 Å². The van der Waals surface area contributed by atoms with Crippen molar-refractivity contribution in [2.75, 3.05) is 6.35 Å². The molecule has 0 spiro atoms. The molecule has 0 aliphatic carbocycles. The molecule has 1 aromatic carbocycles. The van der Waals surface area contributed by atoms with Gasteiger partial charge in [-0.3, -0.25) is 0 Å². The van der Waals surface area contributed by atoms with Gasteiger partial charge in [-0.15, -0.1) is 0 Å². The Morgan fingerprint density at radius 2 is 2.38 bits per heavy atom. The molecule has 0 amide bonds. The Morgan fingerprint density at radius 1 is 1.62 bits per heavy atom. The largest absolute Gasteiger partial charge is 0.392 e. The zero-order valence-electron chi connectivity index (χ0n) is 7.33. The van der Waals surface area contributed by atoms with Crippen molar-refractivity contribution in [3.63, 3.8) is 0 Å². The summed E-state index contributed by atoms with van der Waals surface area (Å²) in [5, 5.41) is 4.60. The van der Waals surface area contributed by atoms with Crippen LogP contribution in [0.5, 0.6) is 0 Å². The normalized spacial score (nSPS) is 11.5. The van der Waals surface area contributed by atoms with Gasteiger partial charge < -0.3 is 4.84 Å². The first-order chi connectivity index (χ1) is 6.24. The highest BCUT2D eigenvalue weighted by Gasteiger charge is 1.97. The Morgan fingerprint density at radius 3 is 3.00 bits per heavy atom. The van der Waals surface area contributed by atoms with Crippen molar-refractivity contribution in [3.05, 3.63) is 34.9 Å². The molecule has 1 atom stereocenters. The predicted molar refractivity (Wildman–Crippen MR) is 59.3 cm³/mol. The molecular weight excluding hydrogens is 205 g/mol. The van der Waals surface area contributed by atoms with Crippen molar-refractivity contribution in [3.8, 4) is 0 Å². The molecule has 0 aliphatic heterocycles. The van der Waals surface area contributed by atoms with E-state index in [1.54, 1.807) is 0 Å². The molecule has 1 unspecified atom stereocenters. The molecule has 0 saturated carbocycles. The molecule has 0 radical (unpaired) electrons. The lowest BCUT2D eigenvalue weighted by atomic mass is 10.1. The fourth-order valence-electron chi connectivity index (χ4n) is 0.900. The highest BCUT2D eigenvalue weighted by atomic mass is 35.5. The second-order valence-electron chi connectivity index (χ2n) is 2.48. The Kier molecular flexibility index (Phi) is 4.20. The van der Waals surface area contributed by atoms with E-state index in [4.69, 9.17) is 16.4 Å². The maximum atomic E-state index is 5.82. The van der Waals surface area contributed by atoms with Gasteiger partial charge in [-0.2, -0.15) is 0 Å². The number of benzene rings is 1. The molecular formula is C9H11ClNOP. The molecule has 1 rings (SSSR count). The summed E-state index contributed by atoms with van der Waals surface area (Å²) in [6, 6.07) is 7.51. The van der Waals surface area contributed by atoms with Gasteiger partial charge in [-0.25, -0.2) is 0 Å². The minimum absolute atomic E-state index is 0.498. The molecule has 0 aliphatic rings. The van der Waals surface area contributed by atoms with Crippen LogP contribution in [0.15, 0.2) is 29.4 Å². The van der Waals surface area contributed by atoms with Crippen LogP contribution >= 0.6 is 20.8 Å². The second kappa shape index (κ2) is 5.21. The number of rotatable bonds is 3. The third kappa shape index (κ3) is 3.33. The van der Waals surface area contributed by atoms with Crippen LogP contribution in [0.1, 0.15) is 12.5 Å². The van der Waals surface area contributed by atoms with Gasteiger partial charge in [0.2, 0.25) is 0 Å². The monoisotopic (exact) mass is 215 g/mol. The van der Waals surface area contributed by atoms with Crippen LogP contribution in [-0.2, 0) is 4.84 Å². The van der Waals surface area contributed by atoms with Crippen LogP contribution in [0.2, 0.25) is 5.02 Å². The van der Waals surface area contributed by atoms with E-state index >= 15 is 0 Å². The minimum Gasteiger partial charge on any atom is -0.392 e. The topological polar surface area (TPSA) is 21.6 Å². The van der Waals surface area contributed by atoms with Crippen LogP contribution in [0, 0.1) is 0 Å². The maximum absolute atomic E-state index is 5.82. The minimum atomic E-state index is 0.498. The van der Waals surface area contributed by atoms with Gasteiger partial charge in [-0.05, 0) is 19.1 Å². The molecule has 0 N–H and O–H groups in total. The SMILES string of the molecule is C/C(=N\OCP)c1cccc(Cl)c1. The lowest BCUT2D eigenvalue weighted by molar-refractivity contribution is 0.196. The van der Waals surface area contributed by atoms with Gasteiger partial charge in [0, 0.05) is 10.6 Å². The van der Waals surface area contributed by atoms with Gasteiger partial charge >= 0.3 is 0 Å². The summed E-state index contributed by atoms with van der Waals surface area (Å²) in [6.45, 7) is 1.88. The number of halogens is 1. The van der Waals surface area contributed by atoms with Crippen LogP contribution in [0.25, 0.3) is 0 Å². The average molecular weight is 216 g/mol. The summed E-state index contributed by atoms with van der Waals surface area (Å²) in [5.74, 6) is 0. The van der Waals surface area contributed by atoms with E-state index < -0.39 is 0 Å². The first kappa shape index (κ1) is 10.5. The van der Waals surface area contributed by atoms with Crippen molar-refractivity contribution >= 4 is 26.6 Å². The number of oxime groups is 1. The van der Waals surface area contributed by atoms with E-state index in [-0.39, 0.29) is 0 Å². The lowest BCUT2D eigenvalue weighted by Gasteiger charge is -2.00. The molecule has 0 bridgehead atoms. The zero-order chi connectivity index (χ0) is 9.68. The van der Waals surface area contributed by atoms with E-state index in [0.29, 0.717) is 11.4 Å². The molecule has 70 valence electrons. The van der Waals surface area contributed by atoms with Gasteiger partial charge in [0.05, 0.1) is 5.71 Å². The van der Waals surface area contributed by atoms with Crippen LogP contribution < -0.4 is 0 Å². The molecule has 2 nitrogen and oxygen atoms in total. The first-order valence-corrected chi connectivity index (χ1v) is 5.06. The van der Waals surface area contributed by atoms with E-state index in [0.717, 1.165) is 11.3 Å². The standard InChI is InChI=1S/C9H11ClNOP/c1-7(11-12-6-13)8-3-2-4-9(10)5-8/h2-5H,6,13H2,1H3/b11-7+. The predicted octanol–water partition coefficient (Wildman–Crippen LogP) is 2.91. The fraction of sp³-hybridized carbons (Fsp3) is 0.222. The molecule has 0 fully saturated rings. The maximum Gasteiger partial charge on any atom is 0.129 e. The average Bonchev–Trinajstić information content (AvgIpc) is 2.14. The molecule has 4 heteroatoms. The number of hydrogen-bond acceptors (Lipinski definition) is 2. The summed E-state index contributed by atoms with van der Waals surface area (Å²) in [7, 11) is 2.44. The van der Waals surface area contributed by atoms with Gasteiger partial charge in [0.1, 0.15) is 6.35 Å². The second-order valence-corrected chi connectivity index (χ2v) is 3.25. The highest BCUT2D eigenvalue weighted by molar-refractivity contribution is 7.16. The van der Waals surface area contributed by atoms with Crippen molar-refractivity contribution in [1.82, 2.24) is 0 Å². The van der Waals surface area contributed by atoms with Crippen LogP contribution in [-0.4, -0.2) is 12.1 Å². The summed E-state index contributed by atoms with van der Waals surface area (Å²) in [5.41, 5.74) is 1.80. The number of nitrogens with zero attached hydrogens (tertiary/aromatic N) is 1. The summed E-state index contributed by atoms with van der Waals surface area (Å²) >= 11 is 5.82. The van der Waals surface area contributed by atoms with Gasteiger partial charge in [0.25, 0.3) is 0 Å². The lowest BCUT2D eigenvalue weighted by Crippen LogP contribution is -1.95. The van der Waals surface area contributed by atoms with E-state index in [1.165, 1.54) is 0 Å². The molecule has 1 aromatic rings.